The van der Waals surface area contributed by atoms with Gasteiger partial charge in [0.15, 0.2) is 0 Å². The van der Waals surface area contributed by atoms with E-state index < -0.39 is 17.9 Å². The summed E-state index contributed by atoms with van der Waals surface area (Å²) in [5.41, 5.74) is 0.495. The quantitative estimate of drug-likeness (QED) is 0.417. The highest BCUT2D eigenvalue weighted by Gasteiger charge is 2.36. The topological polar surface area (TPSA) is 110 Å². The van der Waals surface area contributed by atoms with Crippen LogP contribution in [0.4, 0.5) is 0 Å². The van der Waals surface area contributed by atoms with Crippen LogP contribution < -0.4 is 5.32 Å². The molecule has 2 saturated heterocycles. The summed E-state index contributed by atoms with van der Waals surface area (Å²) in [5.74, 6) is -1.97. The van der Waals surface area contributed by atoms with E-state index in [0.29, 0.717) is 25.0 Å². The Morgan fingerprint density at radius 2 is 1.61 bits per heavy atom. The third-order valence-corrected chi connectivity index (χ3v) is 8.03. The maximum Gasteiger partial charge on any atom is 0.308 e. The fourth-order valence-electron chi connectivity index (χ4n) is 5.67. The van der Waals surface area contributed by atoms with Crippen LogP contribution in [0.2, 0.25) is 0 Å². The molecule has 2 unspecified atom stereocenters. The van der Waals surface area contributed by atoms with Gasteiger partial charge in [0.05, 0.1) is 18.0 Å². The molecule has 0 saturated carbocycles. The van der Waals surface area contributed by atoms with Crippen LogP contribution in [0, 0.1) is 17.8 Å². The normalized spacial score (nSPS) is 22.9. The Labute approximate surface area is 229 Å². The highest BCUT2D eigenvalue weighted by molar-refractivity contribution is 5.94. The molecule has 38 heavy (non-hydrogen) atoms. The Kier molecular flexibility index (Phi) is 11.8. The Balaban J connectivity index is 2.19. The van der Waals surface area contributed by atoms with Crippen LogP contribution in [-0.2, 0) is 19.2 Å². The molecule has 9 nitrogen and oxygen atoms in total. The van der Waals surface area contributed by atoms with Crippen molar-refractivity contribution in [3.05, 3.63) is 11.6 Å². The molecule has 0 spiro atoms. The first kappa shape index (κ1) is 31.8. The molecule has 3 amide bonds. The molecular formula is C29H50N4O5. The second-order valence-electron chi connectivity index (χ2n) is 12.0. The predicted molar refractivity (Wildman–Crippen MR) is 148 cm³/mol. The summed E-state index contributed by atoms with van der Waals surface area (Å²) in [5, 5.41) is 12.4. The average Bonchev–Trinajstić information content (AvgIpc) is 2.88. The maximum atomic E-state index is 13.7. The van der Waals surface area contributed by atoms with E-state index in [9.17, 15) is 24.3 Å². The summed E-state index contributed by atoms with van der Waals surface area (Å²) in [6, 6.07) is -1.01. The van der Waals surface area contributed by atoms with Crippen molar-refractivity contribution in [2.24, 2.45) is 17.8 Å². The minimum atomic E-state index is -0.874. The zero-order valence-electron chi connectivity index (χ0n) is 24.7. The van der Waals surface area contributed by atoms with Crippen molar-refractivity contribution in [3.63, 3.8) is 0 Å². The first-order chi connectivity index (χ1) is 17.8. The standard InChI is InChI=1S/C29H50N4O5/c1-18(2)24(16-21(7)27(35)32-14-11-12-22(17-32)29(37)38)31(8)28(36)25(19(3)4)30-26(34)23-13-9-10-15-33(23)20(5)6/h16,18-20,22-25H,9-15,17H2,1-8H3,(H,30,34)(H,37,38)/b21-16+/t22?,23?,24-,25+/m1/s1. The van der Waals surface area contributed by atoms with Crippen molar-refractivity contribution in [1.29, 1.82) is 0 Å². The fraction of sp³-hybridized carbons (Fsp3) is 0.793. The van der Waals surface area contributed by atoms with E-state index in [-0.39, 0.29) is 54.2 Å². The lowest BCUT2D eigenvalue weighted by Gasteiger charge is -2.39. The van der Waals surface area contributed by atoms with Gasteiger partial charge in [-0.05, 0) is 64.8 Å². The number of amides is 3. The first-order valence-electron chi connectivity index (χ1n) is 14.3. The minimum absolute atomic E-state index is 0.0260. The molecule has 0 aromatic rings. The Hall–Kier alpha value is -2.42. The molecule has 2 aliphatic rings. The van der Waals surface area contributed by atoms with Crippen molar-refractivity contribution < 1.29 is 24.3 Å². The zero-order valence-corrected chi connectivity index (χ0v) is 24.7. The summed E-state index contributed by atoms with van der Waals surface area (Å²) in [7, 11) is 1.73. The first-order valence-corrected chi connectivity index (χ1v) is 14.3. The molecule has 0 radical (unpaired) electrons. The third-order valence-electron chi connectivity index (χ3n) is 8.03. The molecule has 2 fully saturated rings. The number of nitrogens with zero attached hydrogens (tertiary/aromatic N) is 3. The number of hydrogen-bond acceptors (Lipinski definition) is 5. The molecule has 2 N–H and O–H groups in total. The van der Waals surface area contributed by atoms with Gasteiger partial charge < -0.3 is 20.2 Å². The number of piperidine rings is 2. The van der Waals surface area contributed by atoms with Crippen LogP contribution in [0.1, 0.15) is 80.6 Å². The van der Waals surface area contributed by atoms with Crippen LogP contribution in [0.5, 0.6) is 0 Å². The second-order valence-corrected chi connectivity index (χ2v) is 12.0. The Morgan fingerprint density at radius 3 is 2.16 bits per heavy atom. The SMILES string of the molecule is C/C(=C\[C@H](C(C)C)N(C)C(=O)[C@@H](NC(=O)C1CCCCN1C(C)C)C(C)C)C(=O)N1CCCC(C(=O)O)C1. The molecule has 0 aromatic heterocycles. The number of carboxylic acids is 1. The molecule has 0 aromatic carbocycles. The van der Waals surface area contributed by atoms with E-state index in [4.69, 9.17) is 0 Å². The van der Waals surface area contributed by atoms with E-state index >= 15 is 0 Å². The molecule has 2 aliphatic heterocycles. The number of hydrogen-bond donors (Lipinski definition) is 2. The van der Waals surface area contributed by atoms with E-state index in [0.717, 1.165) is 25.8 Å². The monoisotopic (exact) mass is 534 g/mol. The van der Waals surface area contributed by atoms with Crippen LogP contribution in [0.25, 0.3) is 0 Å². The third kappa shape index (κ3) is 8.04. The smallest absolute Gasteiger partial charge is 0.308 e. The van der Waals surface area contributed by atoms with Gasteiger partial charge in [0.1, 0.15) is 6.04 Å². The van der Waals surface area contributed by atoms with Gasteiger partial charge in [-0.1, -0.05) is 40.2 Å². The Bertz CT molecular complexity index is 884. The molecular weight excluding hydrogens is 484 g/mol. The van der Waals surface area contributed by atoms with Gasteiger partial charge in [0.25, 0.3) is 0 Å². The minimum Gasteiger partial charge on any atom is -0.481 e. The molecule has 0 bridgehead atoms. The second kappa shape index (κ2) is 14.1. The number of carboxylic acid groups (broad SMARTS) is 1. The molecule has 2 heterocycles. The van der Waals surface area contributed by atoms with Crippen molar-refractivity contribution in [2.75, 3.05) is 26.7 Å². The van der Waals surface area contributed by atoms with Crippen LogP contribution in [-0.4, -0.2) is 94.3 Å². The van der Waals surface area contributed by atoms with Crippen molar-refractivity contribution >= 4 is 23.7 Å². The highest BCUT2D eigenvalue weighted by Crippen LogP contribution is 2.23. The van der Waals surface area contributed by atoms with E-state index in [2.05, 4.69) is 24.1 Å². The average molecular weight is 535 g/mol. The summed E-state index contributed by atoms with van der Waals surface area (Å²) in [6.07, 6.45) is 5.91. The van der Waals surface area contributed by atoms with Gasteiger partial charge in [0, 0.05) is 31.8 Å². The van der Waals surface area contributed by atoms with E-state index in [1.165, 1.54) is 0 Å². The number of nitrogens with one attached hydrogen (secondary N) is 1. The van der Waals surface area contributed by atoms with Gasteiger partial charge in [0.2, 0.25) is 17.7 Å². The van der Waals surface area contributed by atoms with Gasteiger partial charge >= 0.3 is 5.97 Å². The van der Waals surface area contributed by atoms with Crippen molar-refractivity contribution in [3.8, 4) is 0 Å². The van der Waals surface area contributed by atoms with Gasteiger partial charge in [-0.15, -0.1) is 0 Å². The van der Waals surface area contributed by atoms with Gasteiger partial charge in [-0.3, -0.25) is 24.1 Å². The summed E-state index contributed by atoms with van der Waals surface area (Å²) >= 11 is 0. The number of likely N-dealkylation sites (N-methyl/N-ethyl adjacent to an activating group) is 1. The van der Waals surface area contributed by atoms with E-state index in [1.807, 2.05) is 33.8 Å². The Morgan fingerprint density at radius 1 is 0.947 bits per heavy atom. The van der Waals surface area contributed by atoms with Crippen LogP contribution in [0.3, 0.4) is 0 Å². The summed E-state index contributed by atoms with van der Waals surface area (Å²) in [6.45, 7) is 15.4. The molecule has 2 rings (SSSR count). The van der Waals surface area contributed by atoms with Crippen LogP contribution >= 0.6 is 0 Å². The number of carbonyl (C=O) groups excluding carboxylic acids is 3. The molecule has 216 valence electrons. The van der Waals surface area contributed by atoms with Gasteiger partial charge in [-0.2, -0.15) is 0 Å². The highest BCUT2D eigenvalue weighted by atomic mass is 16.4. The lowest BCUT2D eigenvalue weighted by Crippen LogP contribution is -2.58. The lowest BCUT2D eigenvalue weighted by molar-refractivity contribution is -0.145. The van der Waals surface area contributed by atoms with Crippen molar-refractivity contribution in [2.45, 2.75) is 105 Å². The predicted octanol–water partition coefficient (Wildman–Crippen LogP) is 3.14. The molecule has 4 atom stereocenters. The largest absolute Gasteiger partial charge is 0.481 e. The number of carbonyl (C=O) groups is 4. The van der Waals surface area contributed by atoms with Crippen molar-refractivity contribution in [1.82, 2.24) is 20.0 Å². The summed E-state index contributed by atoms with van der Waals surface area (Å²) in [4.78, 5) is 57.2. The fourth-order valence-corrected chi connectivity index (χ4v) is 5.67. The molecule has 0 aliphatic carbocycles. The zero-order chi connectivity index (χ0) is 28.7. The van der Waals surface area contributed by atoms with Crippen LogP contribution in [0.15, 0.2) is 11.6 Å². The molecule has 9 heteroatoms. The summed E-state index contributed by atoms with van der Waals surface area (Å²) < 4.78 is 0. The number of likely N-dealkylation sites (tertiary alicyclic amines) is 2. The number of rotatable bonds is 10. The number of aliphatic carboxylic acids is 1. The lowest BCUT2D eigenvalue weighted by atomic mass is 9.95. The maximum absolute atomic E-state index is 13.7. The van der Waals surface area contributed by atoms with Gasteiger partial charge in [-0.25, -0.2) is 0 Å². The van der Waals surface area contributed by atoms with E-state index in [1.54, 1.807) is 23.8 Å².